The Morgan fingerprint density at radius 1 is 1.14 bits per heavy atom. The molecule has 1 N–H and O–H groups in total. The second-order valence-corrected chi connectivity index (χ2v) is 6.46. The van der Waals surface area contributed by atoms with Gasteiger partial charge in [-0.15, -0.1) is 0 Å². The summed E-state index contributed by atoms with van der Waals surface area (Å²) in [6, 6.07) is 16.6. The minimum Gasteiger partial charge on any atom is -0.497 e. The first kappa shape index (κ1) is 19.5. The Balaban J connectivity index is 1.86. The number of amides is 1. The van der Waals surface area contributed by atoms with E-state index in [1.54, 1.807) is 25.9 Å². The van der Waals surface area contributed by atoms with Crippen molar-refractivity contribution in [3.8, 4) is 5.75 Å². The maximum absolute atomic E-state index is 12.9. The van der Waals surface area contributed by atoms with Crippen LogP contribution in [-0.2, 0) is 14.3 Å². The minimum absolute atomic E-state index is 0.0596. The third-order valence-electron chi connectivity index (χ3n) is 4.59. The van der Waals surface area contributed by atoms with Gasteiger partial charge in [0.2, 0.25) is 0 Å². The number of hydrogen-bond donors (Lipinski definition) is 1. The topological polar surface area (TPSA) is 67.9 Å². The third-order valence-corrected chi connectivity index (χ3v) is 4.59. The molecule has 6 heteroatoms. The molecule has 146 valence electrons. The molecular formula is C22H24N2O4. The van der Waals surface area contributed by atoms with Crippen LogP contribution in [0.25, 0.3) is 0 Å². The molecule has 1 heterocycles. The molecule has 1 saturated heterocycles. The van der Waals surface area contributed by atoms with Gasteiger partial charge in [-0.1, -0.05) is 30.3 Å². The largest absolute Gasteiger partial charge is 0.497 e. The van der Waals surface area contributed by atoms with Crippen LogP contribution in [0.2, 0.25) is 0 Å². The highest BCUT2D eigenvalue weighted by Gasteiger charge is 2.49. The summed E-state index contributed by atoms with van der Waals surface area (Å²) in [6.07, 6.45) is 1.37. The number of methoxy groups -OCH3 is 1. The van der Waals surface area contributed by atoms with E-state index in [9.17, 15) is 9.59 Å². The van der Waals surface area contributed by atoms with Crippen molar-refractivity contribution in [2.24, 2.45) is 0 Å². The Bertz CT molecular complexity index is 862. The van der Waals surface area contributed by atoms with Gasteiger partial charge >= 0.3 is 5.97 Å². The van der Waals surface area contributed by atoms with E-state index in [4.69, 9.17) is 9.47 Å². The summed E-state index contributed by atoms with van der Waals surface area (Å²) in [5, 5.41) is 3.17. The van der Waals surface area contributed by atoms with E-state index >= 15 is 0 Å². The lowest BCUT2D eigenvalue weighted by atomic mass is 9.87. The van der Waals surface area contributed by atoms with Crippen LogP contribution in [0.15, 0.2) is 66.4 Å². The summed E-state index contributed by atoms with van der Waals surface area (Å²) in [7, 11) is 1.61. The summed E-state index contributed by atoms with van der Waals surface area (Å²) in [5.74, 6) is 0.244. The van der Waals surface area contributed by atoms with Crippen molar-refractivity contribution in [3.05, 3.63) is 71.9 Å². The number of carbonyl (C=O) groups excluding carboxylic acids is 2. The monoisotopic (exact) mass is 380 g/mol. The molecule has 28 heavy (non-hydrogen) atoms. The van der Waals surface area contributed by atoms with E-state index in [2.05, 4.69) is 5.32 Å². The zero-order chi connectivity index (χ0) is 20.1. The Kier molecular flexibility index (Phi) is 5.99. The van der Waals surface area contributed by atoms with Crippen LogP contribution in [-0.4, -0.2) is 31.6 Å². The fourth-order valence-electron chi connectivity index (χ4n) is 3.30. The second kappa shape index (κ2) is 8.61. The molecule has 0 saturated carbocycles. The lowest BCUT2D eigenvalue weighted by Crippen LogP contribution is -2.64. The van der Waals surface area contributed by atoms with Crippen LogP contribution >= 0.6 is 0 Å². The molecule has 2 atom stereocenters. The Morgan fingerprint density at radius 3 is 2.43 bits per heavy atom. The molecular weight excluding hydrogens is 356 g/mol. The third kappa shape index (κ3) is 4.01. The van der Waals surface area contributed by atoms with Crippen LogP contribution in [0, 0.1) is 0 Å². The molecule has 0 aromatic heterocycles. The fraction of sp³-hybridized carbons (Fsp3) is 0.273. The Morgan fingerprint density at radius 2 is 1.82 bits per heavy atom. The predicted molar refractivity (Wildman–Crippen MR) is 107 cm³/mol. The molecule has 6 nitrogen and oxygen atoms in total. The number of rotatable bonds is 7. The first-order valence-electron chi connectivity index (χ1n) is 9.18. The number of esters is 1. The summed E-state index contributed by atoms with van der Waals surface area (Å²) in [4.78, 5) is 26.4. The lowest BCUT2D eigenvalue weighted by molar-refractivity contribution is -0.137. The van der Waals surface area contributed by atoms with Gasteiger partial charge < -0.3 is 19.7 Å². The van der Waals surface area contributed by atoms with Gasteiger partial charge in [-0.25, -0.2) is 4.79 Å². The lowest BCUT2D eigenvalue weighted by Gasteiger charge is -2.48. The van der Waals surface area contributed by atoms with Gasteiger partial charge in [0.25, 0.3) is 5.91 Å². The van der Waals surface area contributed by atoms with Crippen LogP contribution in [0.4, 0.5) is 5.69 Å². The molecule has 2 aromatic carbocycles. The van der Waals surface area contributed by atoms with Gasteiger partial charge in [0.05, 0.1) is 19.8 Å². The van der Waals surface area contributed by atoms with Gasteiger partial charge in [-0.05, 0) is 43.7 Å². The SMILES string of the molecule is CCOC(=O)/C=C(\C)NC1C(=O)N(c2ccc(OC)cc2)C1c1ccccc1. The van der Waals surface area contributed by atoms with Crippen molar-refractivity contribution in [2.45, 2.75) is 25.9 Å². The van der Waals surface area contributed by atoms with E-state index < -0.39 is 12.0 Å². The van der Waals surface area contributed by atoms with Gasteiger partial charge in [0.15, 0.2) is 0 Å². The molecule has 2 unspecified atom stereocenters. The Hall–Kier alpha value is -3.28. The molecule has 2 aromatic rings. The van der Waals surface area contributed by atoms with Crippen LogP contribution in [0.1, 0.15) is 25.5 Å². The normalized spacial score (nSPS) is 19.0. The first-order chi connectivity index (χ1) is 13.5. The van der Waals surface area contributed by atoms with Crippen molar-refractivity contribution in [1.29, 1.82) is 0 Å². The number of hydrogen-bond acceptors (Lipinski definition) is 5. The molecule has 0 aliphatic carbocycles. The standard InChI is InChI=1S/C22H24N2O4/c1-4-28-19(25)14-15(2)23-20-21(16-8-6-5-7-9-16)24(22(20)26)17-10-12-18(27-3)13-11-17/h5-14,20-21,23H,4H2,1-3H3/b15-14+. The van der Waals surface area contributed by atoms with E-state index in [1.165, 1.54) is 6.08 Å². The smallest absolute Gasteiger partial charge is 0.332 e. The van der Waals surface area contributed by atoms with Crippen LogP contribution < -0.4 is 15.0 Å². The maximum Gasteiger partial charge on any atom is 0.332 e. The zero-order valence-corrected chi connectivity index (χ0v) is 16.2. The van der Waals surface area contributed by atoms with Crippen molar-refractivity contribution < 1.29 is 19.1 Å². The van der Waals surface area contributed by atoms with Crippen molar-refractivity contribution in [3.63, 3.8) is 0 Å². The number of nitrogens with zero attached hydrogens (tertiary/aromatic N) is 1. The molecule has 0 spiro atoms. The average Bonchev–Trinajstić information content (AvgIpc) is 2.71. The number of benzene rings is 2. The summed E-state index contributed by atoms with van der Waals surface area (Å²) in [5.41, 5.74) is 2.40. The molecule has 1 aliphatic rings. The number of carbonyl (C=O) groups is 2. The highest BCUT2D eigenvalue weighted by atomic mass is 16.5. The highest BCUT2D eigenvalue weighted by Crippen LogP contribution is 2.40. The number of β-lactam (4-membered cyclic amide) rings is 1. The summed E-state index contributed by atoms with van der Waals surface area (Å²) < 4.78 is 10.1. The molecule has 0 bridgehead atoms. The van der Waals surface area contributed by atoms with Gasteiger partial charge in [0.1, 0.15) is 11.8 Å². The molecule has 1 aliphatic heterocycles. The van der Waals surface area contributed by atoms with Crippen molar-refractivity contribution >= 4 is 17.6 Å². The van der Waals surface area contributed by atoms with Crippen LogP contribution in [0.3, 0.4) is 0 Å². The quantitative estimate of drug-likeness (QED) is 0.454. The maximum atomic E-state index is 12.9. The highest BCUT2D eigenvalue weighted by molar-refractivity contribution is 6.06. The second-order valence-electron chi connectivity index (χ2n) is 6.46. The number of ether oxygens (including phenoxy) is 2. The van der Waals surface area contributed by atoms with Crippen molar-refractivity contribution in [1.82, 2.24) is 5.32 Å². The molecule has 3 rings (SSSR count). The van der Waals surface area contributed by atoms with Gasteiger partial charge in [0, 0.05) is 17.5 Å². The molecule has 1 amide bonds. The number of anilines is 1. The average molecular weight is 380 g/mol. The van der Waals surface area contributed by atoms with Crippen molar-refractivity contribution in [2.75, 3.05) is 18.6 Å². The fourth-order valence-corrected chi connectivity index (χ4v) is 3.30. The number of nitrogens with one attached hydrogen (secondary N) is 1. The van der Waals surface area contributed by atoms with E-state index in [-0.39, 0.29) is 11.9 Å². The van der Waals surface area contributed by atoms with Crippen LogP contribution in [0.5, 0.6) is 5.75 Å². The molecule has 1 fully saturated rings. The Labute approximate surface area is 164 Å². The van der Waals surface area contributed by atoms with E-state index in [0.29, 0.717) is 12.3 Å². The van der Waals surface area contributed by atoms with Gasteiger partial charge in [-0.2, -0.15) is 0 Å². The minimum atomic E-state index is -0.463. The summed E-state index contributed by atoms with van der Waals surface area (Å²) in [6.45, 7) is 3.81. The summed E-state index contributed by atoms with van der Waals surface area (Å²) >= 11 is 0. The molecule has 0 radical (unpaired) electrons. The van der Waals surface area contributed by atoms with E-state index in [1.807, 2.05) is 54.6 Å². The van der Waals surface area contributed by atoms with Gasteiger partial charge in [-0.3, -0.25) is 4.79 Å². The number of allylic oxidation sites excluding steroid dienone is 1. The zero-order valence-electron chi connectivity index (χ0n) is 16.2. The predicted octanol–water partition coefficient (Wildman–Crippen LogP) is 3.21. The first-order valence-corrected chi connectivity index (χ1v) is 9.18. The van der Waals surface area contributed by atoms with E-state index in [0.717, 1.165) is 17.0 Å².